The SMILES string of the molecule is CCC(CC(N)=S)NS(=O)(=O)N(C)C. The van der Waals surface area contributed by atoms with Crippen molar-refractivity contribution in [3.8, 4) is 0 Å². The molecule has 0 aromatic rings. The van der Waals surface area contributed by atoms with Crippen LogP contribution in [0.2, 0.25) is 0 Å². The standard InChI is InChI=1S/C7H17N3O2S2/c1-4-6(5-7(8)13)9-14(11,12)10(2)3/h6,9H,4-5H2,1-3H3,(H2,8,13). The maximum atomic E-state index is 11.4. The topological polar surface area (TPSA) is 75.4 Å². The van der Waals surface area contributed by atoms with Gasteiger partial charge in [-0.15, -0.1) is 0 Å². The minimum Gasteiger partial charge on any atom is -0.393 e. The van der Waals surface area contributed by atoms with Gasteiger partial charge < -0.3 is 5.73 Å². The summed E-state index contributed by atoms with van der Waals surface area (Å²) in [6, 6.07) is -0.222. The molecule has 0 aliphatic carbocycles. The van der Waals surface area contributed by atoms with Crippen LogP contribution in [0.1, 0.15) is 19.8 Å². The van der Waals surface area contributed by atoms with E-state index in [9.17, 15) is 8.42 Å². The van der Waals surface area contributed by atoms with E-state index in [0.717, 1.165) is 4.31 Å². The molecule has 0 aliphatic heterocycles. The molecular weight excluding hydrogens is 222 g/mol. The summed E-state index contributed by atoms with van der Waals surface area (Å²) in [6.45, 7) is 1.88. The molecule has 0 amide bonds. The number of nitrogens with two attached hydrogens (primary N) is 1. The molecule has 0 heterocycles. The van der Waals surface area contributed by atoms with E-state index in [4.69, 9.17) is 18.0 Å². The molecule has 1 unspecified atom stereocenters. The van der Waals surface area contributed by atoms with Gasteiger partial charge in [0.2, 0.25) is 0 Å². The monoisotopic (exact) mass is 239 g/mol. The second-order valence-corrected chi connectivity index (χ2v) is 5.62. The lowest BCUT2D eigenvalue weighted by Crippen LogP contribution is -2.43. The van der Waals surface area contributed by atoms with Gasteiger partial charge in [-0.1, -0.05) is 19.1 Å². The summed E-state index contributed by atoms with van der Waals surface area (Å²) < 4.78 is 26.4. The third-order valence-electron chi connectivity index (χ3n) is 1.74. The van der Waals surface area contributed by atoms with Crippen LogP contribution >= 0.6 is 12.2 Å². The summed E-state index contributed by atoms with van der Waals surface area (Å²) in [5, 5.41) is 0. The Bertz CT molecular complexity index is 287. The Balaban J connectivity index is 4.39. The summed E-state index contributed by atoms with van der Waals surface area (Å²) in [7, 11) is -0.451. The van der Waals surface area contributed by atoms with Crippen LogP contribution in [-0.4, -0.2) is 37.8 Å². The zero-order valence-electron chi connectivity index (χ0n) is 8.65. The van der Waals surface area contributed by atoms with Crippen LogP contribution in [0.4, 0.5) is 0 Å². The van der Waals surface area contributed by atoms with E-state index >= 15 is 0 Å². The van der Waals surface area contributed by atoms with E-state index in [2.05, 4.69) is 4.72 Å². The largest absolute Gasteiger partial charge is 0.393 e. The van der Waals surface area contributed by atoms with Crippen LogP contribution in [0.15, 0.2) is 0 Å². The predicted octanol–water partition coefficient (Wildman–Crippen LogP) is -0.163. The number of nitrogens with zero attached hydrogens (tertiary/aromatic N) is 1. The first kappa shape index (κ1) is 13.8. The Labute approximate surface area is 90.8 Å². The third-order valence-corrected chi connectivity index (χ3v) is 3.50. The van der Waals surface area contributed by atoms with Crippen molar-refractivity contribution in [2.24, 2.45) is 5.73 Å². The molecule has 0 bridgehead atoms. The molecule has 84 valence electrons. The molecular formula is C7H17N3O2S2. The average molecular weight is 239 g/mol. The van der Waals surface area contributed by atoms with E-state index in [-0.39, 0.29) is 6.04 Å². The van der Waals surface area contributed by atoms with Crippen molar-refractivity contribution in [2.45, 2.75) is 25.8 Å². The molecule has 7 heteroatoms. The Morgan fingerprint density at radius 3 is 2.36 bits per heavy atom. The molecule has 3 N–H and O–H groups in total. The fourth-order valence-corrected chi connectivity index (χ4v) is 1.91. The van der Waals surface area contributed by atoms with E-state index in [1.807, 2.05) is 6.92 Å². The van der Waals surface area contributed by atoms with Crippen molar-refractivity contribution >= 4 is 27.4 Å². The minimum absolute atomic E-state index is 0.222. The van der Waals surface area contributed by atoms with E-state index in [0.29, 0.717) is 17.8 Å². The van der Waals surface area contributed by atoms with E-state index in [1.54, 1.807) is 0 Å². The van der Waals surface area contributed by atoms with Gasteiger partial charge in [0.1, 0.15) is 0 Å². The summed E-state index contributed by atoms with van der Waals surface area (Å²) in [5.41, 5.74) is 5.35. The van der Waals surface area contributed by atoms with E-state index < -0.39 is 10.2 Å². The quantitative estimate of drug-likeness (QED) is 0.631. The fraction of sp³-hybridized carbons (Fsp3) is 0.857. The Kier molecular flexibility index (Phi) is 5.50. The Morgan fingerprint density at radius 1 is 1.57 bits per heavy atom. The lowest BCUT2D eigenvalue weighted by molar-refractivity contribution is 0.484. The molecule has 0 radical (unpaired) electrons. The third kappa shape index (κ3) is 4.85. The molecule has 0 spiro atoms. The van der Waals surface area contributed by atoms with Crippen molar-refractivity contribution in [2.75, 3.05) is 14.1 Å². The smallest absolute Gasteiger partial charge is 0.279 e. The van der Waals surface area contributed by atoms with Gasteiger partial charge in [0.25, 0.3) is 10.2 Å². The van der Waals surface area contributed by atoms with Crippen LogP contribution in [-0.2, 0) is 10.2 Å². The van der Waals surface area contributed by atoms with Crippen LogP contribution in [0.5, 0.6) is 0 Å². The van der Waals surface area contributed by atoms with Crippen LogP contribution in [0, 0.1) is 0 Å². The van der Waals surface area contributed by atoms with Gasteiger partial charge in [-0.2, -0.15) is 17.4 Å². The van der Waals surface area contributed by atoms with Crippen molar-refractivity contribution in [1.29, 1.82) is 0 Å². The highest BCUT2D eigenvalue weighted by atomic mass is 32.2. The predicted molar refractivity (Wildman–Crippen MR) is 61.2 cm³/mol. The number of nitrogens with one attached hydrogen (secondary N) is 1. The zero-order valence-corrected chi connectivity index (χ0v) is 10.3. The number of hydrogen-bond donors (Lipinski definition) is 2. The number of rotatable bonds is 6. The van der Waals surface area contributed by atoms with Gasteiger partial charge in [0.05, 0.1) is 4.99 Å². The zero-order chi connectivity index (χ0) is 11.4. The van der Waals surface area contributed by atoms with Crippen molar-refractivity contribution < 1.29 is 8.42 Å². The van der Waals surface area contributed by atoms with Crippen molar-refractivity contribution in [3.05, 3.63) is 0 Å². The molecule has 0 saturated heterocycles. The molecule has 0 aliphatic rings. The molecule has 0 saturated carbocycles. The van der Waals surface area contributed by atoms with Gasteiger partial charge in [-0.3, -0.25) is 0 Å². The highest BCUT2D eigenvalue weighted by Crippen LogP contribution is 2.01. The summed E-state index contributed by atoms with van der Waals surface area (Å²) in [6.07, 6.45) is 1.04. The molecule has 0 rings (SSSR count). The van der Waals surface area contributed by atoms with Crippen molar-refractivity contribution in [1.82, 2.24) is 9.03 Å². The highest BCUT2D eigenvalue weighted by molar-refractivity contribution is 7.87. The van der Waals surface area contributed by atoms with Gasteiger partial charge in [-0.05, 0) is 6.42 Å². The molecule has 1 atom stereocenters. The van der Waals surface area contributed by atoms with Gasteiger partial charge in [0.15, 0.2) is 0 Å². The van der Waals surface area contributed by atoms with Crippen LogP contribution in [0.25, 0.3) is 0 Å². The minimum atomic E-state index is -3.39. The number of thiocarbonyl (C=S) groups is 1. The molecule has 0 aromatic carbocycles. The first-order valence-corrected chi connectivity index (χ1v) is 6.12. The normalized spacial score (nSPS) is 14.3. The first-order valence-electron chi connectivity index (χ1n) is 4.27. The second kappa shape index (κ2) is 5.59. The van der Waals surface area contributed by atoms with Gasteiger partial charge in [0, 0.05) is 26.6 Å². The summed E-state index contributed by atoms with van der Waals surface area (Å²) >= 11 is 4.72. The highest BCUT2D eigenvalue weighted by Gasteiger charge is 2.18. The van der Waals surface area contributed by atoms with Gasteiger partial charge in [-0.25, -0.2) is 0 Å². The Morgan fingerprint density at radius 2 is 2.07 bits per heavy atom. The lowest BCUT2D eigenvalue weighted by Gasteiger charge is -2.19. The van der Waals surface area contributed by atoms with Gasteiger partial charge >= 0.3 is 0 Å². The average Bonchev–Trinajstić information content (AvgIpc) is 2.01. The molecule has 5 nitrogen and oxygen atoms in total. The second-order valence-electron chi connectivity index (χ2n) is 3.18. The van der Waals surface area contributed by atoms with Crippen LogP contribution < -0.4 is 10.5 Å². The van der Waals surface area contributed by atoms with Crippen LogP contribution in [0.3, 0.4) is 0 Å². The molecule has 14 heavy (non-hydrogen) atoms. The number of hydrogen-bond acceptors (Lipinski definition) is 3. The summed E-state index contributed by atoms with van der Waals surface area (Å²) in [5.74, 6) is 0. The van der Waals surface area contributed by atoms with E-state index in [1.165, 1.54) is 14.1 Å². The molecule has 0 fully saturated rings. The fourth-order valence-electron chi connectivity index (χ4n) is 0.828. The molecule has 0 aromatic heterocycles. The maximum absolute atomic E-state index is 11.4. The lowest BCUT2D eigenvalue weighted by atomic mass is 10.2. The Hall–Kier alpha value is -0.240. The van der Waals surface area contributed by atoms with Crippen molar-refractivity contribution in [3.63, 3.8) is 0 Å². The maximum Gasteiger partial charge on any atom is 0.279 e. The summed E-state index contributed by atoms with van der Waals surface area (Å²) in [4.78, 5) is 0.318. The first-order chi connectivity index (χ1) is 6.29.